The second-order valence-electron chi connectivity index (χ2n) is 6.94. The van der Waals surface area contributed by atoms with Crippen molar-refractivity contribution in [2.45, 2.75) is 31.8 Å². The lowest BCUT2D eigenvalue weighted by Gasteiger charge is -2.14. The molecule has 0 fully saturated rings. The van der Waals surface area contributed by atoms with Gasteiger partial charge in [0.15, 0.2) is 5.78 Å². The van der Waals surface area contributed by atoms with Gasteiger partial charge in [-0.3, -0.25) is 9.59 Å². The maximum Gasteiger partial charge on any atom is 0.219 e. The predicted octanol–water partition coefficient (Wildman–Crippen LogP) is 3.87. The summed E-state index contributed by atoms with van der Waals surface area (Å²) < 4.78 is 5.52. The molecule has 0 saturated carbocycles. The van der Waals surface area contributed by atoms with E-state index in [1.54, 1.807) is 49.5 Å². The highest BCUT2D eigenvalue weighted by Crippen LogP contribution is 2.27. The Morgan fingerprint density at radius 1 is 1.38 bits per heavy atom. The molecule has 0 spiro atoms. The maximum absolute atomic E-state index is 12.1. The smallest absolute Gasteiger partial charge is 0.219 e. The van der Waals surface area contributed by atoms with E-state index in [0.29, 0.717) is 17.2 Å². The first-order valence-electron chi connectivity index (χ1n) is 9.82. The van der Waals surface area contributed by atoms with Crippen LogP contribution >= 0.6 is 11.6 Å². The largest absolute Gasteiger partial charge is 0.491 e. The number of aliphatic hydroxyl groups excluding tert-OH is 1. The van der Waals surface area contributed by atoms with E-state index >= 15 is 0 Å². The number of hydrogen-bond donors (Lipinski definition) is 2. The number of unbranched alkanes of at least 4 members (excludes halogenated alkanes) is 1. The maximum atomic E-state index is 12.1. The van der Waals surface area contributed by atoms with Gasteiger partial charge < -0.3 is 15.2 Å². The number of nitrogens with one attached hydrogen (secondary N) is 1. The number of ether oxygens (including phenoxy) is 1. The van der Waals surface area contributed by atoms with E-state index in [9.17, 15) is 14.7 Å². The van der Waals surface area contributed by atoms with Gasteiger partial charge in [-0.1, -0.05) is 48.0 Å². The Labute approximate surface area is 177 Å². The third kappa shape index (κ3) is 8.26. The van der Waals surface area contributed by atoms with E-state index in [1.165, 1.54) is 0 Å². The van der Waals surface area contributed by atoms with Crippen LogP contribution in [-0.4, -0.2) is 36.6 Å². The minimum Gasteiger partial charge on any atom is -0.491 e. The number of carbonyl (C=O) groups excluding carboxylic acids is 2. The summed E-state index contributed by atoms with van der Waals surface area (Å²) in [6.45, 7) is 0.0844. The third-order valence-electron chi connectivity index (χ3n) is 4.68. The molecule has 1 unspecified atom stereocenters. The first kappa shape index (κ1) is 22.9. The molecule has 2 rings (SSSR count). The summed E-state index contributed by atoms with van der Waals surface area (Å²) in [5, 5.41) is 13.3. The van der Waals surface area contributed by atoms with Gasteiger partial charge >= 0.3 is 0 Å². The molecular formula is C23H28ClNO4. The molecule has 0 aliphatic heterocycles. The number of rotatable bonds is 11. The fourth-order valence-electron chi connectivity index (χ4n) is 3.04. The summed E-state index contributed by atoms with van der Waals surface area (Å²) in [4.78, 5) is 23.3. The summed E-state index contributed by atoms with van der Waals surface area (Å²) in [5.41, 5.74) is 0. The van der Waals surface area contributed by atoms with Crippen LogP contribution in [0.1, 0.15) is 25.7 Å². The van der Waals surface area contributed by atoms with Gasteiger partial charge in [0.25, 0.3) is 0 Å². The highest BCUT2D eigenvalue weighted by Gasteiger charge is 2.26. The van der Waals surface area contributed by atoms with Gasteiger partial charge in [0.2, 0.25) is 5.91 Å². The molecule has 1 aromatic carbocycles. The highest BCUT2D eigenvalue weighted by atomic mass is 35.5. The Morgan fingerprint density at radius 2 is 2.21 bits per heavy atom. The average molecular weight is 418 g/mol. The van der Waals surface area contributed by atoms with Crippen molar-refractivity contribution in [1.82, 2.24) is 5.32 Å². The lowest BCUT2D eigenvalue weighted by atomic mass is 9.91. The van der Waals surface area contributed by atoms with Gasteiger partial charge in [-0.25, -0.2) is 0 Å². The minimum atomic E-state index is -0.816. The van der Waals surface area contributed by atoms with E-state index in [2.05, 4.69) is 11.4 Å². The first-order chi connectivity index (χ1) is 14.0. The van der Waals surface area contributed by atoms with Crippen LogP contribution in [0.25, 0.3) is 0 Å². The molecule has 0 saturated heterocycles. The standard InChI is InChI=1S/C23H28ClNO4/c1-25-23(28)10-5-3-2-4-7-17-11-14-22(27)21(17)13-12-19(26)16-29-20-9-6-8-18(24)15-20/h2,4,6,8-9,11-15,17,19,21,26H,3,5,7,10,16H2,1H3,(H,25,28)/t17-,19?,21+/m0/s1. The number of hydrogen-bond acceptors (Lipinski definition) is 4. The third-order valence-corrected chi connectivity index (χ3v) is 4.92. The Kier molecular flexibility index (Phi) is 9.68. The molecule has 1 aliphatic rings. The van der Waals surface area contributed by atoms with Crippen LogP contribution < -0.4 is 10.1 Å². The summed E-state index contributed by atoms with van der Waals surface area (Å²) in [6, 6.07) is 6.97. The molecule has 156 valence electrons. The van der Waals surface area contributed by atoms with Gasteiger partial charge in [0, 0.05) is 24.4 Å². The summed E-state index contributed by atoms with van der Waals surface area (Å²) in [5.74, 6) is 0.484. The molecule has 0 heterocycles. The molecule has 5 nitrogen and oxygen atoms in total. The zero-order chi connectivity index (χ0) is 21.1. The number of allylic oxidation sites excluding steroid dienone is 5. The van der Waals surface area contributed by atoms with Crippen molar-refractivity contribution >= 4 is 23.3 Å². The van der Waals surface area contributed by atoms with Crippen molar-refractivity contribution in [2.75, 3.05) is 13.7 Å². The van der Waals surface area contributed by atoms with Crippen LogP contribution in [0, 0.1) is 11.8 Å². The van der Waals surface area contributed by atoms with Crippen molar-refractivity contribution in [3.05, 3.63) is 65.7 Å². The second kappa shape index (κ2) is 12.2. The van der Waals surface area contributed by atoms with Crippen LogP contribution in [-0.2, 0) is 9.59 Å². The average Bonchev–Trinajstić information content (AvgIpc) is 3.06. The van der Waals surface area contributed by atoms with Gasteiger partial charge in [-0.2, -0.15) is 0 Å². The van der Waals surface area contributed by atoms with E-state index in [-0.39, 0.29) is 30.1 Å². The molecule has 1 aromatic rings. The Balaban J connectivity index is 1.76. The zero-order valence-electron chi connectivity index (χ0n) is 16.6. The van der Waals surface area contributed by atoms with Crippen molar-refractivity contribution < 1.29 is 19.4 Å². The van der Waals surface area contributed by atoms with E-state index < -0.39 is 6.10 Å². The van der Waals surface area contributed by atoms with Gasteiger partial charge in [0.1, 0.15) is 18.5 Å². The Hall–Kier alpha value is -2.37. The molecule has 3 atom stereocenters. The molecule has 6 heteroatoms. The molecule has 1 amide bonds. The van der Waals surface area contributed by atoms with Gasteiger partial charge in [-0.15, -0.1) is 0 Å². The molecule has 0 bridgehead atoms. The van der Waals surface area contributed by atoms with Crippen LogP contribution in [0.5, 0.6) is 5.75 Å². The van der Waals surface area contributed by atoms with Gasteiger partial charge in [0.05, 0.1) is 0 Å². The normalized spacial score (nSPS) is 19.9. The summed E-state index contributed by atoms with van der Waals surface area (Å²) in [7, 11) is 1.63. The molecule has 2 N–H and O–H groups in total. The number of ketones is 1. The summed E-state index contributed by atoms with van der Waals surface area (Å²) in [6.07, 6.45) is 13.1. The first-order valence-corrected chi connectivity index (χ1v) is 10.2. The van der Waals surface area contributed by atoms with Crippen molar-refractivity contribution in [2.24, 2.45) is 11.8 Å². The van der Waals surface area contributed by atoms with Crippen LogP contribution in [0.15, 0.2) is 60.7 Å². The molecule has 0 radical (unpaired) electrons. The fourth-order valence-corrected chi connectivity index (χ4v) is 3.22. The number of carbonyl (C=O) groups is 2. The lowest BCUT2D eigenvalue weighted by molar-refractivity contribution is -0.120. The predicted molar refractivity (Wildman–Crippen MR) is 115 cm³/mol. The van der Waals surface area contributed by atoms with Crippen molar-refractivity contribution in [1.29, 1.82) is 0 Å². The van der Waals surface area contributed by atoms with E-state index in [4.69, 9.17) is 16.3 Å². The van der Waals surface area contributed by atoms with Gasteiger partial charge in [-0.05, 0) is 49.5 Å². The van der Waals surface area contributed by atoms with Crippen molar-refractivity contribution in [3.63, 3.8) is 0 Å². The molecule has 29 heavy (non-hydrogen) atoms. The lowest BCUT2D eigenvalue weighted by Crippen LogP contribution is -2.17. The molecule has 1 aliphatic carbocycles. The van der Waals surface area contributed by atoms with E-state index in [0.717, 1.165) is 19.3 Å². The Bertz CT molecular complexity index is 772. The number of benzene rings is 1. The summed E-state index contributed by atoms with van der Waals surface area (Å²) >= 11 is 5.91. The number of halogens is 1. The van der Waals surface area contributed by atoms with E-state index in [1.807, 2.05) is 12.2 Å². The van der Waals surface area contributed by atoms with Crippen LogP contribution in [0.4, 0.5) is 0 Å². The number of aliphatic hydroxyl groups is 1. The monoisotopic (exact) mass is 417 g/mol. The van der Waals surface area contributed by atoms with Crippen LogP contribution in [0.3, 0.4) is 0 Å². The van der Waals surface area contributed by atoms with Crippen LogP contribution in [0.2, 0.25) is 5.02 Å². The molecular weight excluding hydrogens is 390 g/mol. The van der Waals surface area contributed by atoms with Crippen molar-refractivity contribution in [3.8, 4) is 5.75 Å². The Morgan fingerprint density at radius 3 is 2.97 bits per heavy atom. The fraction of sp³-hybridized carbons (Fsp3) is 0.391. The minimum absolute atomic E-state index is 0.0437. The second-order valence-corrected chi connectivity index (χ2v) is 7.38. The topological polar surface area (TPSA) is 75.6 Å². The SMILES string of the molecule is CNC(=O)CCCC=CC[C@H]1C=CC(=O)[C@@H]1C=CC(O)COc1cccc(Cl)c1. The quantitative estimate of drug-likeness (QED) is 0.423. The molecule has 0 aromatic heterocycles. The highest BCUT2D eigenvalue weighted by molar-refractivity contribution is 6.30. The number of amides is 1. The zero-order valence-corrected chi connectivity index (χ0v) is 17.3.